The van der Waals surface area contributed by atoms with Crippen LogP contribution in [0.1, 0.15) is 11.1 Å². The van der Waals surface area contributed by atoms with Crippen molar-refractivity contribution in [2.45, 2.75) is 12.5 Å². The predicted molar refractivity (Wildman–Crippen MR) is 101 cm³/mol. The van der Waals surface area contributed by atoms with E-state index in [1.807, 2.05) is 48.5 Å². The number of pyridine rings is 1. The number of hydrogen-bond donors (Lipinski definition) is 2. The van der Waals surface area contributed by atoms with Gasteiger partial charge in [-0.1, -0.05) is 24.3 Å². The topological polar surface area (TPSA) is 91.8 Å². The third-order valence-corrected chi connectivity index (χ3v) is 4.04. The van der Waals surface area contributed by atoms with Gasteiger partial charge in [-0.2, -0.15) is 5.26 Å². The van der Waals surface area contributed by atoms with Gasteiger partial charge in [0.25, 0.3) is 0 Å². The standard InChI is InChI=1S/C21H18N4O/c22-14-16-3-1-15(2-4-16)13-20(23)21(26)25-19-7-5-17(6-8-19)18-9-11-24-12-10-18/h1-12,20H,13,23H2,(H,25,26)/t20-/m1/s1. The molecular weight excluding hydrogens is 324 g/mol. The highest BCUT2D eigenvalue weighted by atomic mass is 16.2. The maximum absolute atomic E-state index is 12.3. The van der Waals surface area contributed by atoms with Crippen LogP contribution in [0.4, 0.5) is 5.69 Å². The van der Waals surface area contributed by atoms with Crippen molar-refractivity contribution in [2.24, 2.45) is 5.73 Å². The number of benzene rings is 2. The van der Waals surface area contributed by atoms with Gasteiger partial charge in [-0.25, -0.2) is 0 Å². The monoisotopic (exact) mass is 342 g/mol. The maximum atomic E-state index is 12.3. The molecule has 5 heteroatoms. The largest absolute Gasteiger partial charge is 0.325 e. The number of nitrogens with zero attached hydrogens (tertiary/aromatic N) is 2. The fraction of sp³-hybridized carbons (Fsp3) is 0.0952. The molecule has 1 aromatic heterocycles. The van der Waals surface area contributed by atoms with Crippen molar-refractivity contribution in [1.82, 2.24) is 4.98 Å². The fourth-order valence-corrected chi connectivity index (χ4v) is 2.59. The minimum atomic E-state index is -0.664. The van der Waals surface area contributed by atoms with Crippen LogP contribution in [-0.2, 0) is 11.2 Å². The average Bonchev–Trinajstić information content (AvgIpc) is 2.70. The van der Waals surface area contributed by atoms with E-state index < -0.39 is 6.04 Å². The molecule has 0 aliphatic carbocycles. The number of amides is 1. The minimum Gasteiger partial charge on any atom is -0.325 e. The van der Waals surface area contributed by atoms with E-state index in [1.54, 1.807) is 24.5 Å². The van der Waals surface area contributed by atoms with Crippen molar-refractivity contribution in [3.05, 3.63) is 84.2 Å². The molecule has 0 saturated heterocycles. The first-order valence-electron chi connectivity index (χ1n) is 8.21. The van der Waals surface area contributed by atoms with Gasteiger partial charge >= 0.3 is 0 Å². The molecule has 128 valence electrons. The van der Waals surface area contributed by atoms with E-state index in [4.69, 9.17) is 11.0 Å². The first-order valence-corrected chi connectivity index (χ1v) is 8.21. The molecule has 3 aromatic rings. The highest BCUT2D eigenvalue weighted by Gasteiger charge is 2.14. The van der Waals surface area contributed by atoms with Crippen LogP contribution in [0, 0.1) is 11.3 Å². The van der Waals surface area contributed by atoms with E-state index in [-0.39, 0.29) is 5.91 Å². The number of aromatic nitrogens is 1. The van der Waals surface area contributed by atoms with E-state index in [0.717, 1.165) is 16.7 Å². The first kappa shape index (κ1) is 17.3. The number of carbonyl (C=O) groups is 1. The molecule has 0 unspecified atom stereocenters. The molecule has 2 aromatic carbocycles. The summed E-state index contributed by atoms with van der Waals surface area (Å²) in [6, 6.07) is 19.9. The van der Waals surface area contributed by atoms with Crippen LogP contribution in [0.25, 0.3) is 11.1 Å². The first-order chi connectivity index (χ1) is 12.7. The van der Waals surface area contributed by atoms with Gasteiger partial charge in [0, 0.05) is 18.1 Å². The second kappa shape index (κ2) is 8.06. The third kappa shape index (κ3) is 4.32. The summed E-state index contributed by atoms with van der Waals surface area (Å²) in [6.07, 6.45) is 3.90. The van der Waals surface area contributed by atoms with Crippen LogP contribution in [0.3, 0.4) is 0 Å². The van der Waals surface area contributed by atoms with Gasteiger partial charge in [-0.3, -0.25) is 9.78 Å². The molecule has 3 rings (SSSR count). The highest BCUT2D eigenvalue weighted by Crippen LogP contribution is 2.20. The summed E-state index contributed by atoms with van der Waals surface area (Å²) in [5, 5.41) is 11.6. The number of nitrogens with one attached hydrogen (secondary N) is 1. The van der Waals surface area contributed by atoms with Crippen molar-refractivity contribution in [3.8, 4) is 17.2 Å². The van der Waals surface area contributed by atoms with Crippen LogP contribution in [0.15, 0.2) is 73.1 Å². The van der Waals surface area contributed by atoms with Crippen LogP contribution in [0.2, 0.25) is 0 Å². The van der Waals surface area contributed by atoms with E-state index in [1.165, 1.54) is 0 Å². The lowest BCUT2D eigenvalue weighted by Crippen LogP contribution is -2.37. The van der Waals surface area contributed by atoms with E-state index >= 15 is 0 Å². The van der Waals surface area contributed by atoms with Gasteiger partial charge in [0.15, 0.2) is 0 Å². The Hall–Kier alpha value is -3.49. The molecule has 26 heavy (non-hydrogen) atoms. The smallest absolute Gasteiger partial charge is 0.241 e. The highest BCUT2D eigenvalue weighted by molar-refractivity contribution is 5.95. The molecule has 3 N–H and O–H groups in total. The summed E-state index contributed by atoms with van der Waals surface area (Å²) in [4.78, 5) is 16.3. The van der Waals surface area contributed by atoms with Crippen molar-refractivity contribution >= 4 is 11.6 Å². The normalized spacial score (nSPS) is 11.4. The van der Waals surface area contributed by atoms with Crippen LogP contribution in [-0.4, -0.2) is 16.9 Å². The molecule has 0 aliphatic rings. The van der Waals surface area contributed by atoms with Gasteiger partial charge in [-0.15, -0.1) is 0 Å². The molecule has 1 amide bonds. The summed E-state index contributed by atoms with van der Waals surface area (Å²) in [6.45, 7) is 0. The SMILES string of the molecule is N#Cc1ccc(C[C@@H](N)C(=O)Nc2ccc(-c3ccncc3)cc2)cc1. The van der Waals surface area contributed by atoms with E-state index in [9.17, 15) is 4.79 Å². The summed E-state index contributed by atoms with van der Waals surface area (Å²) in [7, 11) is 0. The quantitative estimate of drug-likeness (QED) is 0.745. The summed E-state index contributed by atoms with van der Waals surface area (Å²) >= 11 is 0. The molecule has 0 aliphatic heterocycles. The zero-order chi connectivity index (χ0) is 18.4. The fourth-order valence-electron chi connectivity index (χ4n) is 2.59. The zero-order valence-corrected chi connectivity index (χ0v) is 14.1. The van der Waals surface area contributed by atoms with Gasteiger partial charge in [0.1, 0.15) is 0 Å². The van der Waals surface area contributed by atoms with Crippen molar-refractivity contribution in [1.29, 1.82) is 5.26 Å². The molecular formula is C21H18N4O. The number of rotatable bonds is 5. The number of nitriles is 1. The maximum Gasteiger partial charge on any atom is 0.241 e. The Morgan fingerprint density at radius 3 is 2.23 bits per heavy atom. The van der Waals surface area contributed by atoms with Crippen LogP contribution < -0.4 is 11.1 Å². The number of hydrogen-bond acceptors (Lipinski definition) is 4. The Kier molecular flexibility index (Phi) is 5.37. The van der Waals surface area contributed by atoms with Crippen LogP contribution in [0.5, 0.6) is 0 Å². The lowest BCUT2D eigenvalue weighted by atomic mass is 10.0. The molecule has 0 bridgehead atoms. The molecule has 5 nitrogen and oxygen atoms in total. The van der Waals surface area contributed by atoms with Crippen molar-refractivity contribution in [3.63, 3.8) is 0 Å². The summed E-state index contributed by atoms with van der Waals surface area (Å²) in [5.41, 5.74) is 10.3. The van der Waals surface area contributed by atoms with Gasteiger partial charge < -0.3 is 11.1 Å². The van der Waals surface area contributed by atoms with Gasteiger partial charge in [-0.05, 0) is 59.5 Å². The second-order valence-corrected chi connectivity index (χ2v) is 5.92. The lowest BCUT2D eigenvalue weighted by molar-refractivity contribution is -0.117. The predicted octanol–water partition coefficient (Wildman–Crippen LogP) is 3.13. The Balaban J connectivity index is 1.61. The van der Waals surface area contributed by atoms with E-state index in [2.05, 4.69) is 16.4 Å². The summed E-state index contributed by atoms with van der Waals surface area (Å²) < 4.78 is 0. The average molecular weight is 342 g/mol. The molecule has 0 saturated carbocycles. The van der Waals surface area contributed by atoms with Crippen molar-refractivity contribution in [2.75, 3.05) is 5.32 Å². The molecule has 1 heterocycles. The third-order valence-electron chi connectivity index (χ3n) is 4.04. The Morgan fingerprint density at radius 1 is 1.00 bits per heavy atom. The van der Waals surface area contributed by atoms with E-state index in [0.29, 0.717) is 17.7 Å². The Labute approximate surface area is 152 Å². The molecule has 0 fully saturated rings. The van der Waals surface area contributed by atoms with Crippen molar-refractivity contribution < 1.29 is 4.79 Å². The number of anilines is 1. The molecule has 0 spiro atoms. The number of nitrogens with two attached hydrogens (primary N) is 1. The van der Waals surface area contributed by atoms with Gasteiger partial charge in [0.2, 0.25) is 5.91 Å². The molecule has 0 radical (unpaired) electrons. The Morgan fingerprint density at radius 2 is 1.62 bits per heavy atom. The Bertz CT molecular complexity index is 913. The second-order valence-electron chi connectivity index (χ2n) is 5.92. The lowest BCUT2D eigenvalue weighted by Gasteiger charge is -2.13. The minimum absolute atomic E-state index is 0.244. The molecule has 1 atom stereocenters. The van der Waals surface area contributed by atoms with Gasteiger partial charge in [0.05, 0.1) is 17.7 Å². The summed E-state index contributed by atoms with van der Waals surface area (Å²) in [5.74, 6) is -0.244. The van der Waals surface area contributed by atoms with Crippen LogP contribution >= 0.6 is 0 Å². The zero-order valence-electron chi connectivity index (χ0n) is 14.1. The number of carbonyl (C=O) groups excluding carboxylic acids is 1.